The van der Waals surface area contributed by atoms with Crippen molar-refractivity contribution in [3.05, 3.63) is 82.1 Å². The van der Waals surface area contributed by atoms with E-state index in [1.807, 2.05) is 35.4 Å². The summed E-state index contributed by atoms with van der Waals surface area (Å²) in [7, 11) is 0. The first-order chi connectivity index (χ1) is 16.1. The van der Waals surface area contributed by atoms with E-state index in [1.165, 1.54) is 10.9 Å². The van der Waals surface area contributed by atoms with E-state index >= 15 is 0 Å². The van der Waals surface area contributed by atoms with Crippen molar-refractivity contribution < 1.29 is 32.3 Å². The molecule has 0 aliphatic carbocycles. The molecule has 2 atom stereocenters. The second-order valence-electron chi connectivity index (χ2n) is 8.07. The number of hydrogen-bond donors (Lipinski definition) is 1. The van der Waals surface area contributed by atoms with E-state index < -0.39 is 12.1 Å². The normalized spacial score (nSPS) is 19.9. The number of thiophene rings is 1. The molecule has 1 amide bonds. The first kappa shape index (κ1) is 24.0. The van der Waals surface area contributed by atoms with Crippen LogP contribution in [-0.2, 0) is 17.9 Å². The van der Waals surface area contributed by atoms with Crippen molar-refractivity contribution in [3.8, 4) is 0 Å². The predicted molar refractivity (Wildman–Crippen MR) is 117 cm³/mol. The SMILES string of the molecule is O=C(O)C(F)(F)F.O=C1c2cccn2C2CN(Cc3cccc(F)c3)CC2N1Cc1cccs1. The van der Waals surface area contributed by atoms with E-state index in [9.17, 15) is 22.4 Å². The van der Waals surface area contributed by atoms with Gasteiger partial charge in [-0.25, -0.2) is 9.18 Å². The van der Waals surface area contributed by atoms with Crippen molar-refractivity contribution in [2.75, 3.05) is 13.1 Å². The molecule has 1 saturated heterocycles. The zero-order valence-corrected chi connectivity index (χ0v) is 18.6. The number of alkyl halides is 3. The van der Waals surface area contributed by atoms with E-state index in [0.29, 0.717) is 13.1 Å². The van der Waals surface area contributed by atoms with Gasteiger partial charge >= 0.3 is 12.1 Å². The van der Waals surface area contributed by atoms with Crippen molar-refractivity contribution in [1.29, 1.82) is 0 Å². The van der Waals surface area contributed by atoms with Crippen LogP contribution in [0.2, 0.25) is 0 Å². The van der Waals surface area contributed by atoms with Gasteiger partial charge in [0, 0.05) is 30.7 Å². The number of carboxylic acid groups (broad SMARTS) is 1. The number of halogens is 4. The summed E-state index contributed by atoms with van der Waals surface area (Å²) in [6, 6.07) is 15.1. The molecule has 2 aliphatic heterocycles. The average Bonchev–Trinajstić information content (AvgIpc) is 3.51. The van der Waals surface area contributed by atoms with Crippen LogP contribution in [0.3, 0.4) is 0 Å². The lowest BCUT2D eigenvalue weighted by atomic mass is 10.1. The Balaban J connectivity index is 0.000000344. The van der Waals surface area contributed by atoms with Gasteiger partial charge in [-0.1, -0.05) is 18.2 Å². The molecule has 2 aromatic heterocycles. The highest BCUT2D eigenvalue weighted by molar-refractivity contribution is 7.09. The molecular formula is C23H21F4N3O3S. The third-order valence-electron chi connectivity index (χ3n) is 5.80. The number of carbonyl (C=O) groups excluding carboxylic acids is 1. The minimum absolute atomic E-state index is 0.0993. The Kier molecular flexibility index (Phi) is 6.76. The molecule has 0 bridgehead atoms. The number of fused-ring (bicyclic) bond motifs is 3. The molecule has 180 valence electrons. The molecule has 2 unspecified atom stereocenters. The Morgan fingerprint density at radius 3 is 2.44 bits per heavy atom. The average molecular weight is 495 g/mol. The number of likely N-dealkylation sites (tertiary alicyclic amines) is 1. The Morgan fingerprint density at radius 1 is 1.06 bits per heavy atom. The first-order valence-corrected chi connectivity index (χ1v) is 11.3. The summed E-state index contributed by atoms with van der Waals surface area (Å²) in [6.45, 7) is 3.01. The topological polar surface area (TPSA) is 65.8 Å². The number of benzene rings is 1. The molecule has 1 aromatic carbocycles. The minimum atomic E-state index is -5.08. The zero-order chi connectivity index (χ0) is 24.5. The molecule has 5 rings (SSSR count). The number of aliphatic carboxylic acids is 1. The number of rotatable bonds is 4. The molecule has 4 heterocycles. The highest BCUT2D eigenvalue weighted by Crippen LogP contribution is 2.35. The Hall–Kier alpha value is -3.18. The predicted octanol–water partition coefficient (Wildman–Crippen LogP) is 4.40. The van der Waals surface area contributed by atoms with Crippen LogP contribution in [0.4, 0.5) is 17.6 Å². The van der Waals surface area contributed by atoms with Gasteiger partial charge < -0.3 is 14.6 Å². The maximum atomic E-state index is 13.5. The highest BCUT2D eigenvalue weighted by Gasteiger charge is 2.44. The second kappa shape index (κ2) is 9.59. The number of nitrogens with zero attached hydrogens (tertiary/aromatic N) is 3. The standard InChI is InChI=1S/C21H20FN3OS.C2HF3O2/c22-16-5-1-4-15(10-16)11-23-13-19-20(14-23)25(12-17-6-3-9-27-17)21(26)18-7-2-8-24(18)19;3-2(4,5)1(6)7/h1-10,19-20H,11-14H2;(H,6,7). The zero-order valence-electron chi connectivity index (χ0n) is 17.8. The quantitative estimate of drug-likeness (QED) is 0.545. The van der Waals surface area contributed by atoms with E-state index in [0.717, 1.165) is 24.3 Å². The monoisotopic (exact) mass is 495 g/mol. The van der Waals surface area contributed by atoms with Gasteiger partial charge in [0.15, 0.2) is 0 Å². The lowest BCUT2D eigenvalue weighted by molar-refractivity contribution is -0.192. The van der Waals surface area contributed by atoms with Crippen LogP contribution in [0.1, 0.15) is 27.0 Å². The van der Waals surface area contributed by atoms with Crippen LogP contribution < -0.4 is 0 Å². The maximum absolute atomic E-state index is 13.5. The number of hydrogen-bond acceptors (Lipinski definition) is 4. The summed E-state index contributed by atoms with van der Waals surface area (Å²) in [4.78, 5) is 27.5. The molecule has 34 heavy (non-hydrogen) atoms. The minimum Gasteiger partial charge on any atom is -0.475 e. The fraction of sp³-hybridized carbons (Fsp3) is 0.304. The summed E-state index contributed by atoms with van der Waals surface area (Å²) in [5.74, 6) is -2.86. The molecule has 3 aromatic rings. The van der Waals surface area contributed by atoms with Crippen LogP contribution in [0.5, 0.6) is 0 Å². The molecule has 0 spiro atoms. The van der Waals surface area contributed by atoms with E-state index in [1.54, 1.807) is 23.5 Å². The van der Waals surface area contributed by atoms with Gasteiger partial charge in [0.25, 0.3) is 5.91 Å². The summed E-state index contributed by atoms with van der Waals surface area (Å²) in [5.41, 5.74) is 1.73. The molecule has 6 nitrogen and oxygen atoms in total. The van der Waals surface area contributed by atoms with Gasteiger partial charge in [0.05, 0.1) is 18.6 Å². The van der Waals surface area contributed by atoms with E-state index in [4.69, 9.17) is 9.90 Å². The fourth-order valence-electron chi connectivity index (χ4n) is 4.37. The van der Waals surface area contributed by atoms with Crippen molar-refractivity contribution in [2.45, 2.75) is 31.3 Å². The second-order valence-corrected chi connectivity index (χ2v) is 9.11. The summed E-state index contributed by atoms with van der Waals surface area (Å²) in [5, 5.41) is 9.18. The number of carboxylic acids is 1. The summed E-state index contributed by atoms with van der Waals surface area (Å²) < 4.78 is 47.4. The largest absolute Gasteiger partial charge is 0.490 e. The van der Waals surface area contributed by atoms with Crippen molar-refractivity contribution >= 4 is 23.2 Å². The van der Waals surface area contributed by atoms with Crippen molar-refractivity contribution in [3.63, 3.8) is 0 Å². The molecule has 1 fully saturated rings. The number of aromatic nitrogens is 1. The fourth-order valence-corrected chi connectivity index (χ4v) is 5.07. The lowest BCUT2D eigenvalue weighted by Crippen LogP contribution is -2.49. The number of amides is 1. The third-order valence-corrected chi connectivity index (χ3v) is 6.66. The van der Waals surface area contributed by atoms with E-state index in [2.05, 4.69) is 20.9 Å². The van der Waals surface area contributed by atoms with Crippen LogP contribution in [0.25, 0.3) is 0 Å². The van der Waals surface area contributed by atoms with Crippen LogP contribution in [0, 0.1) is 5.82 Å². The summed E-state index contributed by atoms with van der Waals surface area (Å²) in [6.07, 6.45) is -3.07. The van der Waals surface area contributed by atoms with Crippen LogP contribution in [-0.4, -0.2) is 56.7 Å². The highest BCUT2D eigenvalue weighted by atomic mass is 32.1. The van der Waals surface area contributed by atoms with Crippen molar-refractivity contribution in [1.82, 2.24) is 14.4 Å². The summed E-state index contributed by atoms with van der Waals surface area (Å²) >= 11 is 1.69. The number of carbonyl (C=O) groups is 2. The Morgan fingerprint density at radius 2 is 1.79 bits per heavy atom. The van der Waals surface area contributed by atoms with Gasteiger partial charge in [-0.3, -0.25) is 9.69 Å². The molecule has 11 heteroatoms. The third kappa shape index (κ3) is 5.15. The van der Waals surface area contributed by atoms with Gasteiger partial charge in [0.2, 0.25) is 0 Å². The Labute approximate surface area is 196 Å². The van der Waals surface area contributed by atoms with E-state index in [-0.39, 0.29) is 23.8 Å². The van der Waals surface area contributed by atoms with Crippen molar-refractivity contribution in [2.24, 2.45) is 0 Å². The van der Waals surface area contributed by atoms with Crippen LogP contribution in [0.15, 0.2) is 60.1 Å². The van der Waals surface area contributed by atoms with Gasteiger partial charge in [-0.15, -0.1) is 11.3 Å². The molecular weight excluding hydrogens is 474 g/mol. The smallest absolute Gasteiger partial charge is 0.475 e. The van der Waals surface area contributed by atoms with Crippen LogP contribution >= 0.6 is 11.3 Å². The Bertz CT molecular complexity index is 1160. The van der Waals surface area contributed by atoms with Gasteiger partial charge in [-0.05, 0) is 41.3 Å². The van der Waals surface area contributed by atoms with Gasteiger partial charge in [0.1, 0.15) is 11.5 Å². The van der Waals surface area contributed by atoms with Gasteiger partial charge in [-0.2, -0.15) is 13.2 Å². The first-order valence-electron chi connectivity index (χ1n) is 10.4. The molecule has 1 N–H and O–H groups in total. The molecule has 0 radical (unpaired) electrons. The lowest BCUT2D eigenvalue weighted by Gasteiger charge is -2.38. The molecule has 2 aliphatic rings. The molecule has 0 saturated carbocycles. The maximum Gasteiger partial charge on any atom is 0.490 e.